The van der Waals surface area contributed by atoms with E-state index in [9.17, 15) is 4.79 Å². The number of aromatic amines is 1. The Balaban J connectivity index is 1.35. The predicted molar refractivity (Wildman–Crippen MR) is 108 cm³/mol. The summed E-state index contributed by atoms with van der Waals surface area (Å²) >= 11 is 0. The van der Waals surface area contributed by atoms with Crippen molar-refractivity contribution in [3.63, 3.8) is 0 Å². The lowest BCUT2D eigenvalue weighted by molar-refractivity contribution is -0.117. The van der Waals surface area contributed by atoms with Gasteiger partial charge in [-0.1, -0.05) is 0 Å². The van der Waals surface area contributed by atoms with Crippen LogP contribution in [0.15, 0.2) is 12.3 Å². The van der Waals surface area contributed by atoms with Crippen LogP contribution in [0.3, 0.4) is 0 Å². The average Bonchev–Trinajstić information content (AvgIpc) is 3.39. The lowest BCUT2D eigenvalue weighted by Gasteiger charge is -2.32. The number of nitrogens with one attached hydrogen (secondary N) is 2. The molecule has 2 aromatic rings. The molecule has 2 aromatic heterocycles. The minimum atomic E-state index is 0.0190. The largest absolute Gasteiger partial charge is 0.310 e. The highest BCUT2D eigenvalue weighted by molar-refractivity contribution is 5.91. The number of H-pyrrole nitrogens is 1. The van der Waals surface area contributed by atoms with Crippen LogP contribution < -0.4 is 5.32 Å². The van der Waals surface area contributed by atoms with Crippen molar-refractivity contribution in [1.82, 2.24) is 29.8 Å². The molecule has 1 atom stereocenters. The molecular formula is C20H31N7O. The van der Waals surface area contributed by atoms with E-state index in [1.807, 2.05) is 26.2 Å². The lowest BCUT2D eigenvalue weighted by atomic mass is 9.92. The predicted octanol–water partition coefficient (Wildman–Crippen LogP) is 1.87. The highest BCUT2D eigenvalue weighted by atomic mass is 16.2. The van der Waals surface area contributed by atoms with Gasteiger partial charge in [0.05, 0.1) is 18.4 Å². The van der Waals surface area contributed by atoms with Crippen LogP contribution in [0.2, 0.25) is 0 Å². The Morgan fingerprint density at radius 1 is 1.25 bits per heavy atom. The second kappa shape index (κ2) is 8.45. The summed E-state index contributed by atoms with van der Waals surface area (Å²) in [5.41, 5.74) is 3.49. The molecule has 0 aromatic carbocycles. The van der Waals surface area contributed by atoms with Crippen molar-refractivity contribution < 1.29 is 4.79 Å². The molecule has 1 unspecified atom stereocenters. The van der Waals surface area contributed by atoms with Crippen molar-refractivity contribution in [2.45, 2.75) is 45.1 Å². The summed E-state index contributed by atoms with van der Waals surface area (Å²) in [5, 5.41) is 14.9. The van der Waals surface area contributed by atoms with Crippen LogP contribution in [-0.4, -0.2) is 68.4 Å². The molecule has 28 heavy (non-hydrogen) atoms. The number of likely N-dealkylation sites (tertiary alicyclic amines) is 2. The van der Waals surface area contributed by atoms with Gasteiger partial charge in [-0.15, -0.1) is 0 Å². The fourth-order valence-corrected chi connectivity index (χ4v) is 4.53. The summed E-state index contributed by atoms with van der Waals surface area (Å²) in [4.78, 5) is 17.3. The second-order valence-corrected chi connectivity index (χ2v) is 8.21. The van der Waals surface area contributed by atoms with Crippen molar-refractivity contribution in [1.29, 1.82) is 0 Å². The third-order valence-electron chi connectivity index (χ3n) is 5.89. The van der Waals surface area contributed by atoms with Crippen LogP contribution in [0, 0.1) is 6.92 Å². The van der Waals surface area contributed by atoms with E-state index in [2.05, 4.69) is 30.4 Å². The van der Waals surface area contributed by atoms with E-state index in [-0.39, 0.29) is 5.91 Å². The number of hydrogen-bond donors (Lipinski definition) is 2. The van der Waals surface area contributed by atoms with Crippen LogP contribution in [0.1, 0.15) is 48.6 Å². The van der Waals surface area contributed by atoms with Crippen LogP contribution in [0.25, 0.3) is 0 Å². The Morgan fingerprint density at radius 3 is 2.79 bits per heavy atom. The quantitative estimate of drug-likeness (QED) is 0.793. The van der Waals surface area contributed by atoms with Crippen LogP contribution in [0.5, 0.6) is 0 Å². The number of hydrogen-bond acceptors (Lipinski definition) is 5. The number of carbonyl (C=O) groups is 1. The summed E-state index contributed by atoms with van der Waals surface area (Å²) in [7, 11) is 1.85. The van der Waals surface area contributed by atoms with Crippen LogP contribution in [-0.2, 0) is 18.4 Å². The van der Waals surface area contributed by atoms with Gasteiger partial charge in [0, 0.05) is 43.4 Å². The molecular weight excluding hydrogens is 354 g/mol. The Labute approximate surface area is 166 Å². The molecule has 4 heterocycles. The number of amides is 1. The summed E-state index contributed by atoms with van der Waals surface area (Å²) in [5.74, 6) is 1.18. The normalized spacial score (nSPS) is 21.3. The molecule has 0 bridgehead atoms. The third-order valence-corrected chi connectivity index (χ3v) is 5.89. The molecule has 2 N–H and O–H groups in total. The summed E-state index contributed by atoms with van der Waals surface area (Å²) in [6, 6.07) is 1.89. The average molecular weight is 386 g/mol. The molecule has 0 radical (unpaired) electrons. The van der Waals surface area contributed by atoms with Crippen molar-refractivity contribution in [3.05, 3.63) is 29.2 Å². The second-order valence-electron chi connectivity index (χ2n) is 8.21. The van der Waals surface area contributed by atoms with Gasteiger partial charge in [0.1, 0.15) is 5.82 Å². The Morgan fingerprint density at radius 2 is 2.04 bits per heavy atom. The van der Waals surface area contributed by atoms with Gasteiger partial charge in [-0.25, -0.2) is 0 Å². The molecule has 0 saturated carbocycles. The van der Waals surface area contributed by atoms with E-state index in [1.165, 1.54) is 37.2 Å². The van der Waals surface area contributed by atoms with E-state index < -0.39 is 0 Å². The molecule has 2 fully saturated rings. The molecule has 0 spiro atoms. The van der Waals surface area contributed by atoms with Crippen molar-refractivity contribution in [2.24, 2.45) is 7.05 Å². The van der Waals surface area contributed by atoms with Crippen molar-refractivity contribution in [3.8, 4) is 0 Å². The van der Waals surface area contributed by atoms with E-state index in [1.54, 1.807) is 4.68 Å². The number of rotatable bonds is 6. The number of carbonyl (C=O) groups excluding carboxylic acids is 1. The summed E-state index contributed by atoms with van der Waals surface area (Å²) in [6.07, 6.45) is 6.84. The summed E-state index contributed by atoms with van der Waals surface area (Å²) < 4.78 is 1.71. The smallest absolute Gasteiger partial charge is 0.239 e. The van der Waals surface area contributed by atoms with Crippen LogP contribution in [0.4, 0.5) is 5.82 Å². The standard InChI is InChI=1S/C20H31N7O/c1-15-10-18(25(2)24-15)22-19(28)14-27-9-5-6-16(12-27)20-17(11-21-23-20)13-26-7-3-4-8-26/h10-11,16H,3-9,12-14H2,1-2H3,(H,21,23)(H,22,28). The van der Waals surface area contributed by atoms with Gasteiger partial charge in [0.2, 0.25) is 5.91 Å². The number of aryl methyl sites for hydroxylation is 2. The number of aromatic nitrogens is 4. The highest BCUT2D eigenvalue weighted by Crippen LogP contribution is 2.29. The molecule has 8 heteroatoms. The molecule has 1 amide bonds. The van der Waals surface area contributed by atoms with Gasteiger partial charge in [-0.3, -0.25) is 24.4 Å². The zero-order valence-electron chi connectivity index (χ0n) is 16.9. The van der Waals surface area contributed by atoms with E-state index >= 15 is 0 Å². The highest BCUT2D eigenvalue weighted by Gasteiger charge is 2.27. The van der Waals surface area contributed by atoms with Gasteiger partial charge in [-0.2, -0.15) is 10.2 Å². The molecule has 2 aliphatic heterocycles. The summed E-state index contributed by atoms with van der Waals surface area (Å²) in [6.45, 7) is 7.56. The number of nitrogens with zero attached hydrogens (tertiary/aromatic N) is 5. The third kappa shape index (κ3) is 4.44. The molecule has 2 saturated heterocycles. The van der Waals surface area contributed by atoms with E-state index in [0.717, 1.165) is 44.0 Å². The number of anilines is 1. The molecule has 4 rings (SSSR count). The molecule has 2 aliphatic rings. The maximum absolute atomic E-state index is 12.5. The Kier molecular flexibility index (Phi) is 5.77. The van der Waals surface area contributed by atoms with Crippen molar-refractivity contribution >= 4 is 11.7 Å². The Bertz CT molecular complexity index is 805. The monoisotopic (exact) mass is 385 g/mol. The first-order valence-electron chi connectivity index (χ1n) is 10.4. The van der Waals surface area contributed by atoms with Crippen molar-refractivity contribution in [2.75, 3.05) is 38.0 Å². The maximum atomic E-state index is 12.5. The van der Waals surface area contributed by atoms with Crippen LogP contribution >= 0.6 is 0 Å². The lowest BCUT2D eigenvalue weighted by Crippen LogP contribution is -2.40. The fourth-order valence-electron chi connectivity index (χ4n) is 4.53. The zero-order chi connectivity index (χ0) is 19.5. The van der Waals surface area contributed by atoms with Gasteiger partial charge >= 0.3 is 0 Å². The first kappa shape index (κ1) is 19.1. The zero-order valence-corrected chi connectivity index (χ0v) is 16.9. The maximum Gasteiger partial charge on any atom is 0.239 e. The first-order valence-corrected chi connectivity index (χ1v) is 10.4. The minimum absolute atomic E-state index is 0.0190. The minimum Gasteiger partial charge on any atom is -0.310 e. The van der Waals surface area contributed by atoms with Gasteiger partial charge < -0.3 is 5.32 Å². The van der Waals surface area contributed by atoms with Gasteiger partial charge in [0.15, 0.2) is 0 Å². The van der Waals surface area contributed by atoms with Gasteiger partial charge in [0.25, 0.3) is 0 Å². The first-order chi connectivity index (χ1) is 13.6. The molecule has 0 aliphatic carbocycles. The van der Waals surface area contributed by atoms with Gasteiger partial charge in [-0.05, 0) is 52.2 Å². The fraction of sp³-hybridized carbons (Fsp3) is 0.650. The Hall–Kier alpha value is -2.19. The molecule has 8 nitrogen and oxygen atoms in total. The van der Waals surface area contributed by atoms with E-state index in [0.29, 0.717) is 12.5 Å². The topological polar surface area (TPSA) is 82.1 Å². The SMILES string of the molecule is Cc1cc(NC(=O)CN2CCCC(c3[nH]ncc3CN3CCCC3)C2)n(C)n1. The molecule has 152 valence electrons. The number of piperidine rings is 1. The van der Waals surface area contributed by atoms with E-state index in [4.69, 9.17) is 0 Å².